The van der Waals surface area contributed by atoms with E-state index in [2.05, 4.69) is 38.1 Å². The van der Waals surface area contributed by atoms with E-state index in [0.717, 1.165) is 75.1 Å². The summed E-state index contributed by atoms with van der Waals surface area (Å²) < 4.78 is 1.52. The van der Waals surface area contributed by atoms with Crippen molar-refractivity contribution in [2.75, 3.05) is 26.2 Å². The molecule has 2 aromatic heterocycles. The molecule has 2 saturated heterocycles. The van der Waals surface area contributed by atoms with E-state index >= 15 is 0 Å². The number of hydrogen-bond donors (Lipinski definition) is 1. The van der Waals surface area contributed by atoms with Gasteiger partial charge in [-0.15, -0.1) is 5.10 Å². The molecule has 0 aromatic carbocycles. The Hall–Kier alpha value is -2.91. The average molecular weight is 436 g/mol. The van der Waals surface area contributed by atoms with E-state index in [9.17, 15) is 9.90 Å². The minimum Gasteiger partial charge on any atom is -0.385 e. The van der Waals surface area contributed by atoms with Crippen molar-refractivity contribution in [3.63, 3.8) is 0 Å². The van der Waals surface area contributed by atoms with Crippen LogP contribution in [0.4, 0.5) is 0 Å². The Morgan fingerprint density at radius 2 is 2.00 bits per heavy atom. The predicted molar refractivity (Wildman–Crippen MR) is 117 cm³/mol. The molecule has 3 aliphatic rings. The third kappa shape index (κ3) is 3.98. The first-order chi connectivity index (χ1) is 15.5. The number of tetrazole rings is 1. The molecule has 0 bridgehead atoms. The van der Waals surface area contributed by atoms with E-state index in [-0.39, 0.29) is 5.41 Å². The van der Waals surface area contributed by atoms with E-state index in [0.29, 0.717) is 18.1 Å². The summed E-state index contributed by atoms with van der Waals surface area (Å²) in [6, 6.07) is 3.65. The molecular formula is C23H29N7O2. The van der Waals surface area contributed by atoms with Crippen molar-refractivity contribution < 1.29 is 9.90 Å². The molecule has 32 heavy (non-hydrogen) atoms. The quantitative estimate of drug-likeness (QED) is 0.767. The van der Waals surface area contributed by atoms with E-state index < -0.39 is 6.10 Å². The minimum atomic E-state index is -0.680. The molecular weight excluding hydrogens is 406 g/mol. The van der Waals surface area contributed by atoms with E-state index in [1.54, 1.807) is 12.3 Å². The molecule has 5 rings (SSSR count). The Morgan fingerprint density at radius 3 is 2.66 bits per heavy atom. The van der Waals surface area contributed by atoms with Gasteiger partial charge >= 0.3 is 0 Å². The number of pyridine rings is 1. The molecule has 0 saturated carbocycles. The van der Waals surface area contributed by atoms with Crippen molar-refractivity contribution in [1.82, 2.24) is 35.0 Å². The lowest BCUT2D eigenvalue weighted by Crippen LogP contribution is -2.53. The van der Waals surface area contributed by atoms with Gasteiger partial charge in [0.1, 0.15) is 12.4 Å². The van der Waals surface area contributed by atoms with Crippen LogP contribution in [-0.2, 0) is 4.79 Å². The van der Waals surface area contributed by atoms with Gasteiger partial charge in [0.05, 0.1) is 23.0 Å². The molecule has 9 heteroatoms. The van der Waals surface area contributed by atoms with Gasteiger partial charge in [0, 0.05) is 18.8 Å². The van der Waals surface area contributed by atoms with Gasteiger partial charge in [-0.1, -0.05) is 12.2 Å². The number of hydrogen-bond acceptors (Lipinski definition) is 7. The van der Waals surface area contributed by atoms with Crippen LogP contribution in [0.1, 0.15) is 50.3 Å². The van der Waals surface area contributed by atoms with Gasteiger partial charge in [0.15, 0.2) is 0 Å². The highest BCUT2D eigenvalue weighted by atomic mass is 16.3. The maximum Gasteiger partial charge on any atom is 0.233 e. The minimum absolute atomic E-state index is 0.254. The molecule has 4 heterocycles. The van der Waals surface area contributed by atoms with Gasteiger partial charge in [-0.05, 0) is 80.2 Å². The summed E-state index contributed by atoms with van der Waals surface area (Å²) in [7, 11) is 0. The fraction of sp³-hybridized carbons (Fsp3) is 0.522. The summed E-state index contributed by atoms with van der Waals surface area (Å²) in [6.45, 7) is 7.01. The molecule has 1 amide bonds. The molecule has 0 radical (unpaired) electrons. The number of nitrogens with zero attached hydrogens (tertiary/aromatic N) is 7. The van der Waals surface area contributed by atoms with E-state index in [4.69, 9.17) is 0 Å². The zero-order valence-corrected chi connectivity index (χ0v) is 18.2. The van der Waals surface area contributed by atoms with Gasteiger partial charge in [-0.2, -0.15) is 4.68 Å². The van der Waals surface area contributed by atoms with Gasteiger partial charge in [0.25, 0.3) is 0 Å². The highest BCUT2D eigenvalue weighted by Crippen LogP contribution is 2.43. The Kier molecular flexibility index (Phi) is 5.60. The van der Waals surface area contributed by atoms with Crippen LogP contribution in [0.3, 0.4) is 0 Å². The van der Waals surface area contributed by atoms with Gasteiger partial charge < -0.3 is 14.9 Å². The zero-order chi connectivity index (χ0) is 22.1. The zero-order valence-electron chi connectivity index (χ0n) is 18.2. The summed E-state index contributed by atoms with van der Waals surface area (Å²) >= 11 is 0. The second-order valence-corrected chi connectivity index (χ2v) is 9.15. The van der Waals surface area contributed by atoms with Crippen LogP contribution in [0.15, 0.2) is 48.6 Å². The summed E-state index contributed by atoms with van der Waals surface area (Å²) in [5, 5.41) is 21.8. The molecule has 1 aliphatic carbocycles. The standard InChI is InChI=1S/C23H29N7O2/c1-17-3-4-18(13-17)29-10-2-7-23(22(29)32)8-11-28(12-9-23)15-21(31)20-6-5-19(14-24-20)30-16-25-26-27-30/h5-6,13-14,16,21,31H,1-4,7-12,15H2. The SMILES string of the molecule is C=C1C=C(N2CCCC3(CCN(CC(O)c4ccc(-n5cnnn5)cn4)CC3)C2=O)CC1. The highest BCUT2D eigenvalue weighted by Gasteiger charge is 2.46. The van der Waals surface area contributed by atoms with Crippen LogP contribution in [0.5, 0.6) is 0 Å². The Morgan fingerprint density at radius 1 is 1.16 bits per heavy atom. The first-order valence-electron chi connectivity index (χ1n) is 11.3. The molecule has 1 N–H and O–H groups in total. The number of amides is 1. The number of aromatic nitrogens is 5. The number of likely N-dealkylation sites (tertiary alicyclic amines) is 2. The number of aliphatic hydroxyl groups excluding tert-OH is 1. The van der Waals surface area contributed by atoms with Crippen LogP contribution < -0.4 is 0 Å². The molecule has 2 aliphatic heterocycles. The third-order valence-electron chi connectivity index (χ3n) is 7.13. The van der Waals surface area contributed by atoms with E-state index in [1.807, 2.05) is 11.0 Å². The fourth-order valence-corrected chi connectivity index (χ4v) is 5.20. The second kappa shape index (κ2) is 8.55. The molecule has 1 unspecified atom stereocenters. The van der Waals surface area contributed by atoms with Gasteiger partial charge in [-0.3, -0.25) is 9.78 Å². The van der Waals surface area contributed by atoms with Crippen LogP contribution in [0.25, 0.3) is 5.69 Å². The lowest BCUT2D eigenvalue weighted by molar-refractivity contribution is -0.147. The molecule has 168 valence electrons. The number of rotatable bonds is 5. The summed E-state index contributed by atoms with van der Waals surface area (Å²) in [6.07, 6.45) is 10.2. The van der Waals surface area contributed by atoms with Crippen LogP contribution in [0, 0.1) is 5.41 Å². The smallest absolute Gasteiger partial charge is 0.233 e. The Balaban J connectivity index is 1.19. The number of aliphatic hydroxyl groups is 1. The number of allylic oxidation sites excluding steroid dienone is 3. The Labute approximate surface area is 187 Å². The molecule has 1 spiro atoms. The maximum absolute atomic E-state index is 13.4. The monoisotopic (exact) mass is 435 g/mol. The van der Waals surface area contributed by atoms with Crippen LogP contribution in [-0.4, -0.2) is 72.2 Å². The third-order valence-corrected chi connectivity index (χ3v) is 7.13. The predicted octanol–water partition coefficient (Wildman–Crippen LogP) is 2.03. The van der Waals surface area contributed by atoms with Crippen molar-refractivity contribution in [1.29, 1.82) is 0 Å². The maximum atomic E-state index is 13.4. The number of β-amino-alcohol motifs (C(OH)–C–C–N with tert-alkyl or cyclic N) is 1. The molecule has 1 atom stereocenters. The van der Waals surface area contributed by atoms with Crippen molar-refractivity contribution in [3.05, 3.63) is 54.3 Å². The van der Waals surface area contributed by atoms with Crippen molar-refractivity contribution in [2.45, 2.75) is 44.6 Å². The van der Waals surface area contributed by atoms with Gasteiger partial charge in [0.2, 0.25) is 5.91 Å². The fourth-order valence-electron chi connectivity index (χ4n) is 5.20. The number of carbonyl (C=O) groups is 1. The first-order valence-corrected chi connectivity index (χ1v) is 11.3. The number of piperidine rings is 2. The van der Waals surface area contributed by atoms with Gasteiger partial charge in [-0.25, -0.2) is 0 Å². The lowest BCUT2D eigenvalue weighted by atomic mass is 9.71. The van der Waals surface area contributed by atoms with Crippen molar-refractivity contribution in [3.8, 4) is 5.69 Å². The summed E-state index contributed by atoms with van der Waals surface area (Å²) in [4.78, 5) is 22.1. The normalized spacial score (nSPS) is 22.4. The largest absolute Gasteiger partial charge is 0.385 e. The summed E-state index contributed by atoms with van der Waals surface area (Å²) in [5.41, 5.74) is 3.38. The Bertz CT molecular complexity index is 1010. The topological polar surface area (TPSA) is 100 Å². The lowest BCUT2D eigenvalue weighted by Gasteiger charge is -2.47. The highest BCUT2D eigenvalue weighted by molar-refractivity contribution is 5.85. The average Bonchev–Trinajstić information content (AvgIpc) is 3.50. The van der Waals surface area contributed by atoms with Crippen molar-refractivity contribution >= 4 is 5.91 Å². The van der Waals surface area contributed by atoms with Crippen LogP contribution >= 0.6 is 0 Å². The van der Waals surface area contributed by atoms with Crippen molar-refractivity contribution in [2.24, 2.45) is 5.41 Å². The molecule has 9 nitrogen and oxygen atoms in total. The summed E-state index contributed by atoms with van der Waals surface area (Å²) in [5.74, 6) is 0.296. The number of carbonyl (C=O) groups excluding carboxylic acids is 1. The first kappa shape index (κ1) is 21.0. The van der Waals surface area contributed by atoms with Crippen LogP contribution in [0.2, 0.25) is 0 Å². The molecule has 2 aromatic rings. The van der Waals surface area contributed by atoms with E-state index in [1.165, 1.54) is 11.0 Å². The second-order valence-electron chi connectivity index (χ2n) is 9.15. The molecule has 2 fully saturated rings.